The lowest BCUT2D eigenvalue weighted by Gasteiger charge is -2.11. The number of furan rings is 1. The molecule has 0 atom stereocenters. The van der Waals surface area contributed by atoms with Crippen LogP contribution in [0.4, 0.5) is 0 Å². The third-order valence-corrected chi connectivity index (χ3v) is 3.56. The minimum atomic E-state index is 0.714. The Morgan fingerprint density at radius 2 is 2.19 bits per heavy atom. The maximum absolute atomic E-state index is 5.30. The Bertz CT molecular complexity index is 598. The smallest absolute Gasteiger partial charge is 0.191 e. The van der Waals surface area contributed by atoms with Crippen LogP contribution >= 0.6 is 0 Å². The molecule has 6 nitrogen and oxygen atoms in total. The highest BCUT2D eigenvalue weighted by Gasteiger charge is 2.09. The molecule has 0 amide bonds. The Morgan fingerprint density at radius 1 is 1.38 bits per heavy atom. The van der Waals surface area contributed by atoms with Crippen molar-refractivity contribution in [2.45, 2.75) is 26.8 Å². The molecule has 2 N–H and O–H groups in total. The van der Waals surface area contributed by atoms with E-state index < -0.39 is 0 Å². The fourth-order valence-electron chi connectivity index (χ4n) is 2.22. The highest BCUT2D eigenvalue weighted by atomic mass is 16.3. The molecular formula is C15H23N5O. The topological polar surface area (TPSA) is 67.4 Å². The Kier molecular flexibility index (Phi) is 5.03. The molecule has 2 heterocycles. The van der Waals surface area contributed by atoms with Crippen LogP contribution in [0.15, 0.2) is 27.8 Å². The average Bonchev–Trinajstić information content (AvgIpc) is 3.05. The van der Waals surface area contributed by atoms with Crippen molar-refractivity contribution in [3.8, 4) is 0 Å². The second-order valence-electron chi connectivity index (χ2n) is 4.95. The molecule has 0 bridgehead atoms. The number of hydrogen-bond donors (Lipinski definition) is 2. The molecule has 0 aromatic carbocycles. The SMILES string of the molecule is CN=C(NCCc1ccco1)NCc1c(C)nn(C)c1C. The second kappa shape index (κ2) is 6.97. The van der Waals surface area contributed by atoms with Gasteiger partial charge in [-0.25, -0.2) is 0 Å². The van der Waals surface area contributed by atoms with Crippen molar-refractivity contribution in [1.29, 1.82) is 0 Å². The first-order chi connectivity index (χ1) is 10.1. The van der Waals surface area contributed by atoms with Crippen LogP contribution in [0.2, 0.25) is 0 Å². The number of aromatic nitrogens is 2. The Balaban J connectivity index is 1.82. The zero-order valence-corrected chi connectivity index (χ0v) is 13.1. The molecule has 2 aromatic heterocycles. The van der Waals surface area contributed by atoms with E-state index in [0.29, 0.717) is 6.54 Å². The van der Waals surface area contributed by atoms with E-state index in [1.165, 1.54) is 11.3 Å². The van der Waals surface area contributed by atoms with E-state index in [1.54, 1.807) is 13.3 Å². The van der Waals surface area contributed by atoms with E-state index in [0.717, 1.165) is 30.4 Å². The fraction of sp³-hybridized carbons (Fsp3) is 0.467. The van der Waals surface area contributed by atoms with Gasteiger partial charge in [0, 0.05) is 44.9 Å². The van der Waals surface area contributed by atoms with Gasteiger partial charge in [0.2, 0.25) is 0 Å². The second-order valence-corrected chi connectivity index (χ2v) is 4.95. The summed E-state index contributed by atoms with van der Waals surface area (Å²) in [5, 5.41) is 11.0. The van der Waals surface area contributed by atoms with Gasteiger partial charge in [0.25, 0.3) is 0 Å². The van der Waals surface area contributed by atoms with Crippen LogP contribution in [0.1, 0.15) is 22.7 Å². The van der Waals surface area contributed by atoms with Crippen molar-refractivity contribution in [1.82, 2.24) is 20.4 Å². The first-order valence-electron chi connectivity index (χ1n) is 7.07. The zero-order chi connectivity index (χ0) is 15.2. The fourth-order valence-corrected chi connectivity index (χ4v) is 2.22. The van der Waals surface area contributed by atoms with Crippen LogP contribution in [0.3, 0.4) is 0 Å². The summed E-state index contributed by atoms with van der Waals surface area (Å²) < 4.78 is 7.20. The van der Waals surface area contributed by atoms with Crippen LogP contribution in [0.5, 0.6) is 0 Å². The molecule has 0 fully saturated rings. The molecule has 2 rings (SSSR count). The monoisotopic (exact) mass is 289 g/mol. The minimum absolute atomic E-state index is 0.714. The number of aliphatic imine (C=N–C) groups is 1. The van der Waals surface area contributed by atoms with Gasteiger partial charge in [0.1, 0.15) is 5.76 Å². The van der Waals surface area contributed by atoms with Crippen LogP contribution in [0, 0.1) is 13.8 Å². The van der Waals surface area contributed by atoms with Gasteiger partial charge in [-0.05, 0) is 26.0 Å². The maximum Gasteiger partial charge on any atom is 0.191 e. The summed E-state index contributed by atoms with van der Waals surface area (Å²) >= 11 is 0. The summed E-state index contributed by atoms with van der Waals surface area (Å²) in [5.41, 5.74) is 3.44. The quantitative estimate of drug-likeness (QED) is 0.647. The zero-order valence-electron chi connectivity index (χ0n) is 13.1. The predicted octanol–water partition coefficient (Wildman–Crippen LogP) is 1.54. The van der Waals surface area contributed by atoms with Crippen molar-refractivity contribution in [2.24, 2.45) is 12.0 Å². The molecule has 0 aliphatic heterocycles. The molecule has 2 aromatic rings. The molecule has 0 saturated carbocycles. The standard InChI is InChI=1S/C15H23N5O/c1-11-14(12(2)20(4)19-11)10-18-15(16-3)17-8-7-13-6-5-9-21-13/h5-6,9H,7-8,10H2,1-4H3,(H2,16,17,18). The third kappa shape index (κ3) is 3.87. The predicted molar refractivity (Wildman–Crippen MR) is 83.3 cm³/mol. The number of nitrogens with zero attached hydrogens (tertiary/aromatic N) is 3. The van der Waals surface area contributed by atoms with Gasteiger partial charge in [-0.2, -0.15) is 5.10 Å². The molecule has 0 radical (unpaired) electrons. The average molecular weight is 289 g/mol. The first kappa shape index (κ1) is 15.2. The number of hydrogen-bond acceptors (Lipinski definition) is 3. The van der Waals surface area contributed by atoms with E-state index in [2.05, 4.69) is 27.6 Å². The van der Waals surface area contributed by atoms with Crippen molar-refractivity contribution >= 4 is 5.96 Å². The Morgan fingerprint density at radius 3 is 2.76 bits per heavy atom. The van der Waals surface area contributed by atoms with Crippen molar-refractivity contribution in [3.05, 3.63) is 41.1 Å². The van der Waals surface area contributed by atoms with Crippen LogP contribution in [0.25, 0.3) is 0 Å². The summed E-state index contributed by atoms with van der Waals surface area (Å²) in [4.78, 5) is 4.22. The molecule has 0 spiro atoms. The van der Waals surface area contributed by atoms with Crippen LogP contribution in [-0.4, -0.2) is 29.3 Å². The van der Waals surface area contributed by atoms with Crippen molar-refractivity contribution in [2.75, 3.05) is 13.6 Å². The molecule has 0 saturated heterocycles. The van der Waals surface area contributed by atoms with Crippen LogP contribution in [-0.2, 0) is 20.0 Å². The van der Waals surface area contributed by atoms with E-state index in [-0.39, 0.29) is 0 Å². The van der Waals surface area contributed by atoms with Gasteiger partial charge in [-0.15, -0.1) is 0 Å². The summed E-state index contributed by atoms with van der Waals surface area (Å²) in [7, 11) is 3.73. The van der Waals surface area contributed by atoms with E-state index in [9.17, 15) is 0 Å². The molecule has 0 unspecified atom stereocenters. The van der Waals surface area contributed by atoms with Gasteiger partial charge in [0.05, 0.1) is 12.0 Å². The Hall–Kier alpha value is -2.24. The highest BCUT2D eigenvalue weighted by molar-refractivity contribution is 5.79. The van der Waals surface area contributed by atoms with Crippen molar-refractivity contribution in [3.63, 3.8) is 0 Å². The molecule has 0 aliphatic carbocycles. The Labute approximate surface area is 125 Å². The molecule has 114 valence electrons. The van der Waals surface area contributed by atoms with Crippen molar-refractivity contribution < 1.29 is 4.42 Å². The highest BCUT2D eigenvalue weighted by Crippen LogP contribution is 2.10. The molecular weight excluding hydrogens is 266 g/mol. The van der Waals surface area contributed by atoms with Gasteiger partial charge < -0.3 is 15.1 Å². The van der Waals surface area contributed by atoms with Gasteiger partial charge in [-0.1, -0.05) is 0 Å². The third-order valence-electron chi connectivity index (χ3n) is 3.56. The first-order valence-corrected chi connectivity index (χ1v) is 7.07. The number of rotatable bonds is 5. The summed E-state index contributed by atoms with van der Waals surface area (Å²) in [6.07, 6.45) is 2.52. The lowest BCUT2D eigenvalue weighted by atomic mass is 10.2. The largest absolute Gasteiger partial charge is 0.469 e. The van der Waals surface area contributed by atoms with Gasteiger partial charge >= 0.3 is 0 Å². The number of guanidine groups is 1. The van der Waals surface area contributed by atoms with Gasteiger partial charge in [0.15, 0.2) is 5.96 Å². The summed E-state index contributed by atoms with van der Waals surface area (Å²) in [6, 6.07) is 3.87. The normalized spacial score (nSPS) is 11.7. The van der Waals surface area contributed by atoms with E-state index in [1.807, 2.05) is 30.8 Å². The lowest BCUT2D eigenvalue weighted by Crippen LogP contribution is -2.38. The molecule has 21 heavy (non-hydrogen) atoms. The van der Waals surface area contributed by atoms with Crippen LogP contribution < -0.4 is 10.6 Å². The minimum Gasteiger partial charge on any atom is -0.469 e. The van der Waals surface area contributed by atoms with E-state index >= 15 is 0 Å². The maximum atomic E-state index is 5.30. The summed E-state index contributed by atoms with van der Waals surface area (Å²) in [6.45, 7) is 5.59. The molecule has 0 aliphatic rings. The van der Waals surface area contributed by atoms with Gasteiger partial charge in [-0.3, -0.25) is 9.67 Å². The van der Waals surface area contributed by atoms with E-state index in [4.69, 9.17) is 4.42 Å². The lowest BCUT2D eigenvalue weighted by molar-refractivity contribution is 0.507. The molecule has 6 heteroatoms. The number of nitrogens with one attached hydrogen (secondary N) is 2. The summed E-state index contributed by atoms with van der Waals surface area (Å²) in [5.74, 6) is 1.75. The number of aryl methyl sites for hydroxylation is 2.